The Bertz CT molecular complexity index is 2300. The quantitative estimate of drug-likeness (QED) is 0.171. The summed E-state index contributed by atoms with van der Waals surface area (Å²) < 4.78 is 3.41. The summed E-state index contributed by atoms with van der Waals surface area (Å²) in [5.74, 6) is 0. The van der Waals surface area contributed by atoms with Crippen LogP contribution in [0, 0.1) is 0 Å². The Labute approximate surface area is 338 Å². The largest absolute Gasteiger partial charge is 1.00 e. The van der Waals surface area contributed by atoms with E-state index in [0.717, 1.165) is 27.2 Å². The van der Waals surface area contributed by atoms with Crippen molar-refractivity contribution in [2.75, 3.05) is 0 Å². The van der Waals surface area contributed by atoms with Crippen LogP contribution in [0.15, 0.2) is 131 Å². The number of benzene rings is 6. The maximum Gasteiger partial charge on any atom is -1.00 e. The summed E-state index contributed by atoms with van der Waals surface area (Å²) in [6.07, 6.45) is 8.11. The van der Waals surface area contributed by atoms with E-state index < -0.39 is 21.3 Å². The van der Waals surface area contributed by atoms with Crippen molar-refractivity contribution < 1.29 is 46.1 Å². The number of hydrogen-bond donors (Lipinski definition) is 0. The first-order chi connectivity index (χ1) is 23.9. The Morgan fingerprint density at radius 2 is 1.02 bits per heavy atom. The first-order valence-electron chi connectivity index (χ1n) is 17.7. The molecule has 0 aromatic heterocycles. The van der Waals surface area contributed by atoms with Gasteiger partial charge in [0.2, 0.25) is 0 Å². The summed E-state index contributed by atoms with van der Waals surface area (Å²) in [5.41, 5.74) is 11.2. The molecular formula is C47H42Cl4Zr. The Balaban J connectivity index is 0.00000232. The van der Waals surface area contributed by atoms with Gasteiger partial charge in [-0.05, 0) is 0 Å². The number of allylic oxidation sites excluding steroid dienone is 4. The van der Waals surface area contributed by atoms with Gasteiger partial charge in [0.25, 0.3) is 0 Å². The van der Waals surface area contributed by atoms with Gasteiger partial charge in [-0.15, -0.1) is 0 Å². The second kappa shape index (κ2) is 14.8. The van der Waals surface area contributed by atoms with Gasteiger partial charge in [-0.2, -0.15) is 0 Å². The molecular weight excluding hydrogens is 798 g/mol. The molecule has 0 N–H and O–H groups in total. The fourth-order valence-electron chi connectivity index (χ4n) is 8.06. The summed E-state index contributed by atoms with van der Waals surface area (Å²) in [6, 6.07) is 40.9. The Morgan fingerprint density at radius 3 is 1.44 bits per heavy atom. The van der Waals surface area contributed by atoms with Gasteiger partial charge in [0, 0.05) is 0 Å². The molecule has 8 rings (SSSR count). The van der Waals surface area contributed by atoms with E-state index in [1.165, 1.54) is 58.5 Å². The maximum absolute atomic E-state index is 6.95. The zero-order chi connectivity index (χ0) is 34.9. The van der Waals surface area contributed by atoms with Crippen LogP contribution in [0.4, 0.5) is 0 Å². The fraction of sp³-hybridized carbons (Fsp3) is 0.213. The molecule has 0 bridgehead atoms. The molecule has 2 aliphatic rings. The minimum atomic E-state index is -3.05. The molecule has 5 heteroatoms. The topological polar surface area (TPSA) is 0 Å². The van der Waals surface area contributed by atoms with Crippen LogP contribution in [0.5, 0.6) is 0 Å². The van der Waals surface area contributed by atoms with Crippen molar-refractivity contribution >= 4 is 48.0 Å². The van der Waals surface area contributed by atoms with Crippen LogP contribution in [0.2, 0.25) is 10.0 Å². The number of halogens is 4. The van der Waals surface area contributed by atoms with Crippen molar-refractivity contribution in [2.45, 2.75) is 62.4 Å². The first-order valence-corrected chi connectivity index (χ1v) is 22.3. The molecule has 0 nitrogen and oxygen atoms in total. The molecule has 0 aliphatic heterocycles. The van der Waals surface area contributed by atoms with Crippen molar-refractivity contribution in [3.8, 4) is 11.1 Å². The standard InChI is InChI=1S/C21H12Cl2.C21H25.C5H5.2ClH.Zr/c22-20-11-3-7-16-14(5-1-9-18(16)20)13-15-6-2-10-19-17(15)8-4-12-21(19)23;1-20(2,3)16-7-9-18-14(12-16)11-15-13-17(21(4,5)6)8-10-19(15)18;1-2-4-5-3-1;;;/h1-12H;7-13H,1-6H3;1-3H,4H2;2*1H;/q;;;;;+2/p-2. The third-order valence-corrected chi connectivity index (χ3v) is 19.6. The third-order valence-electron chi connectivity index (χ3n) is 10.7. The summed E-state index contributed by atoms with van der Waals surface area (Å²) in [7, 11) is 0. The zero-order valence-electron chi connectivity index (χ0n) is 30.4. The molecule has 0 saturated carbocycles. The van der Waals surface area contributed by atoms with E-state index in [2.05, 4.69) is 157 Å². The van der Waals surface area contributed by atoms with Gasteiger partial charge in [-0.25, -0.2) is 0 Å². The van der Waals surface area contributed by atoms with E-state index in [1.54, 1.807) is 3.28 Å². The smallest absolute Gasteiger partial charge is 1.00 e. The summed E-state index contributed by atoms with van der Waals surface area (Å²) in [4.78, 5) is 0. The molecule has 0 unspecified atom stereocenters. The molecule has 2 aliphatic carbocycles. The molecule has 0 spiro atoms. The molecule has 262 valence electrons. The summed E-state index contributed by atoms with van der Waals surface area (Å²) in [6.45, 7) is 14.0. The Kier molecular flexibility index (Phi) is 11.1. The zero-order valence-corrected chi connectivity index (χ0v) is 35.9. The summed E-state index contributed by atoms with van der Waals surface area (Å²) in [5, 5.41) is 6.20. The van der Waals surface area contributed by atoms with E-state index in [0.29, 0.717) is 0 Å². The maximum atomic E-state index is 6.95. The van der Waals surface area contributed by atoms with Gasteiger partial charge in [0.1, 0.15) is 0 Å². The van der Waals surface area contributed by atoms with Crippen LogP contribution in [-0.4, -0.2) is 3.21 Å². The van der Waals surface area contributed by atoms with Crippen LogP contribution < -0.4 is 24.8 Å². The van der Waals surface area contributed by atoms with Gasteiger partial charge in [0.05, 0.1) is 0 Å². The molecule has 0 saturated heterocycles. The van der Waals surface area contributed by atoms with Crippen molar-refractivity contribution in [3.05, 3.63) is 174 Å². The molecule has 0 amide bonds. The Morgan fingerprint density at radius 1 is 0.577 bits per heavy atom. The molecule has 52 heavy (non-hydrogen) atoms. The second-order valence-corrected chi connectivity index (χ2v) is 23.0. The van der Waals surface area contributed by atoms with Crippen LogP contribution in [0.3, 0.4) is 0 Å². The monoisotopic (exact) mass is 836 g/mol. The number of fused-ring (bicyclic) bond motifs is 5. The van der Waals surface area contributed by atoms with E-state index in [9.17, 15) is 0 Å². The predicted molar refractivity (Wildman–Crippen MR) is 214 cm³/mol. The normalized spacial score (nSPS) is 13.6. The molecule has 6 aromatic carbocycles. The van der Waals surface area contributed by atoms with Gasteiger partial charge >= 0.3 is 317 Å². The number of hydrogen-bond acceptors (Lipinski definition) is 0. The summed E-state index contributed by atoms with van der Waals surface area (Å²) >= 11 is 10.8. The molecule has 0 radical (unpaired) electrons. The van der Waals surface area contributed by atoms with Crippen LogP contribution >= 0.6 is 23.2 Å². The van der Waals surface area contributed by atoms with E-state index in [1.807, 2.05) is 12.1 Å². The van der Waals surface area contributed by atoms with Crippen molar-refractivity contribution in [3.63, 3.8) is 0 Å². The minimum Gasteiger partial charge on any atom is -1.00 e. The average molecular weight is 840 g/mol. The van der Waals surface area contributed by atoms with Gasteiger partial charge < -0.3 is 24.8 Å². The van der Waals surface area contributed by atoms with Gasteiger partial charge in [-0.1, -0.05) is 0 Å². The van der Waals surface area contributed by atoms with Crippen molar-refractivity contribution in [1.29, 1.82) is 0 Å². The van der Waals surface area contributed by atoms with E-state index in [-0.39, 0.29) is 39.3 Å². The Hall–Kier alpha value is -2.77. The van der Waals surface area contributed by atoms with Crippen LogP contribution in [0.25, 0.3) is 32.7 Å². The average Bonchev–Trinajstić information content (AvgIpc) is 3.73. The molecule has 6 aromatic rings. The third kappa shape index (κ3) is 6.76. The number of rotatable bonds is 4. The van der Waals surface area contributed by atoms with E-state index in [4.69, 9.17) is 23.2 Å². The van der Waals surface area contributed by atoms with Crippen LogP contribution in [-0.2, 0) is 32.1 Å². The van der Waals surface area contributed by atoms with Gasteiger partial charge in [-0.3, -0.25) is 0 Å². The van der Waals surface area contributed by atoms with Crippen molar-refractivity contribution in [1.82, 2.24) is 0 Å². The minimum absolute atomic E-state index is 0. The van der Waals surface area contributed by atoms with Gasteiger partial charge in [0.15, 0.2) is 0 Å². The first kappa shape index (κ1) is 38.9. The van der Waals surface area contributed by atoms with Crippen molar-refractivity contribution in [2.24, 2.45) is 0 Å². The molecule has 0 atom stereocenters. The second-order valence-electron chi connectivity index (χ2n) is 15.9. The molecule has 0 heterocycles. The van der Waals surface area contributed by atoms with E-state index >= 15 is 0 Å². The fourth-order valence-corrected chi connectivity index (χ4v) is 17.7. The molecule has 0 fully saturated rings. The van der Waals surface area contributed by atoms with Crippen LogP contribution in [0.1, 0.15) is 85.0 Å². The predicted octanol–water partition coefficient (Wildman–Crippen LogP) is 7.70. The SMILES string of the molecule is CC(C)(C)c1ccc2c(c1)[CH]([Zr+2]([C]1=CC=CC1)=[C](c1cccc3c(Cl)cccc13)c1cccc3c(Cl)cccc13)c1cc(C(C)(C)C)ccc1-2.[Cl-].[Cl-].